The maximum Gasteiger partial charge on any atom is 0.352 e. The number of carbonyl (C=O) groups excluding carboxylic acids is 2. The number of hydrogen-bond acceptors (Lipinski definition) is 13. The number of nitrogens with two attached hydrogens (primary N) is 1. The quantitative estimate of drug-likeness (QED) is 0.115. The van der Waals surface area contributed by atoms with Crippen LogP contribution in [0.2, 0.25) is 0 Å². The van der Waals surface area contributed by atoms with Crippen molar-refractivity contribution in [1.82, 2.24) is 35.4 Å². The molecule has 0 spiro atoms. The number of fused-ring (bicyclic) bond motifs is 1. The molecule has 2 aliphatic heterocycles. The Morgan fingerprint density at radius 2 is 2.27 bits per heavy atom. The molecule has 2 aliphatic rings. The van der Waals surface area contributed by atoms with Gasteiger partial charge in [0, 0.05) is 16.9 Å². The van der Waals surface area contributed by atoms with Gasteiger partial charge in [0.05, 0.1) is 0 Å². The molecule has 37 heavy (non-hydrogen) atoms. The number of terminal acetylenes is 1. The van der Waals surface area contributed by atoms with E-state index < -0.39 is 29.2 Å². The van der Waals surface area contributed by atoms with E-state index in [9.17, 15) is 19.5 Å². The van der Waals surface area contributed by atoms with E-state index in [4.69, 9.17) is 17.0 Å². The lowest BCUT2D eigenvalue weighted by Crippen LogP contribution is -2.71. The maximum absolute atomic E-state index is 13.0. The summed E-state index contributed by atoms with van der Waals surface area (Å²) in [5, 5.41) is 29.3. The van der Waals surface area contributed by atoms with E-state index in [2.05, 4.69) is 36.9 Å². The first-order chi connectivity index (χ1) is 17.7. The third-order valence-electron chi connectivity index (χ3n) is 4.99. The van der Waals surface area contributed by atoms with E-state index in [-0.39, 0.29) is 40.6 Å². The average Bonchev–Trinajstić information content (AvgIpc) is 3.49. The van der Waals surface area contributed by atoms with Gasteiger partial charge in [-0.2, -0.15) is 0 Å². The number of aliphatic carboxylic acids is 1. The Morgan fingerprint density at radius 1 is 1.49 bits per heavy atom. The van der Waals surface area contributed by atoms with Crippen LogP contribution in [0.15, 0.2) is 27.0 Å². The zero-order valence-electron chi connectivity index (χ0n) is 19.5. The van der Waals surface area contributed by atoms with Gasteiger partial charge in [0.2, 0.25) is 5.16 Å². The number of tetrazole rings is 1. The third kappa shape index (κ3) is 5.55. The number of rotatable bonds is 10. The molecule has 4 heterocycles. The molecule has 4 N–H and O–H groups in total. The van der Waals surface area contributed by atoms with Crippen molar-refractivity contribution in [2.75, 3.05) is 17.2 Å². The van der Waals surface area contributed by atoms with Crippen molar-refractivity contribution in [3.05, 3.63) is 22.3 Å². The number of hydrogen-bond donors (Lipinski definition) is 3. The van der Waals surface area contributed by atoms with Crippen LogP contribution in [0.3, 0.4) is 0 Å². The Balaban J connectivity index is 1.49. The molecule has 0 radical (unpaired) electrons. The molecule has 0 saturated carbocycles. The van der Waals surface area contributed by atoms with Gasteiger partial charge in [0.15, 0.2) is 10.8 Å². The summed E-state index contributed by atoms with van der Waals surface area (Å²) in [5.41, 5.74) is 6.17. The SMILES string of the molecule is C#CCn1nnnc1SCC1=C(C(=O)O)N2C(=O)C(NC(=O)C(=NOC(C)C)c3csc(N)n3)[C@H]2SC1. The molecule has 4 rings (SSSR count). The van der Waals surface area contributed by atoms with Gasteiger partial charge in [-0.1, -0.05) is 22.8 Å². The second-order valence-corrected chi connectivity index (χ2v) is 10.8. The van der Waals surface area contributed by atoms with Crippen LogP contribution in [0.1, 0.15) is 19.5 Å². The molecule has 2 atom stereocenters. The number of nitrogens with one attached hydrogen (secondary N) is 1. The molecule has 1 unspecified atom stereocenters. The third-order valence-corrected chi connectivity index (χ3v) is 8.04. The molecule has 0 bridgehead atoms. The van der Waals surface area contributed by atoms with Crippen molar-refractivity contribution in [3.8, 4) is 12.3 Å². The Morgan fingerprint density at radius 3 is 2.92 bits per heavy atom. The minimum absolute atomic E-state index is 0.118. The molecule has 0 aromatic carbocycles. The number of aromatic nitrogens is 5. The molecule has 14 nitrogen and oxygen atoms in total. The summed E-state index contributed by atoms with van der Waals surface area (Å²) in [4.78, 5) is 48.7. The van der Waals surface area contributed by atoms with Gasteiger partial charge in [-0.25, -0.2) is 14.5 Å². The van der Waals surface area contributed by atoms with E-state index in [1.54, 1.807) is 19.2 Å². The molecule has 1 saturated heterocycles. The van der Waals surface area contributed by atoms with Crippen molar-refractivity contribution in [3.63, 3.8) is 0 Å². The monoisotopic (exact) mass is 563 g/mol. The summed E-state index contributed by atoms with van der Waals surface area (Å²) in [6, 6.07) is -0.954. The number of amides is 2. The van der Waals surface area contributed by atoms with Crippen molar-refractivity contribution in [1.29, 1.82) is 0 Å². The first-order valence-corrected chi connectivity index (χ1v) is 13.6. The van der Waals surface area contributed by atoms with Crippen LogP contribution in [-0.4, -0.2) is 87.7 Å². The number of oxime groups is 1. The number of nitrogen functional groups attached to an aromatic ring is 1. The second-order valence-electron chi connectivity index (χ2n) is 7.90. The van der Waals surface area contributed by atoms with Gasteiger partial charge in [-0.15, -0.1) is 34.6 Å². The van der Waals surface area contributed by atoms with E-state index in [1.807, 2.05) is 0 Å². The minimum Gasteiger partial charge on any atom is -0.477 e. The first kappa shape index (κ1) is 26.4. The molecule has 2 aromatic rings. The number of carboxylic acids is 1. The Bertz CT molecular complexity index is 1330. The molecular weight excluding hydrogens is 542 g/mol. The number of thiazole rings is 1. The highest BCUT2D eigenvalue weighted by molar-refractivity contribution is 8.01. The largest absolute Gasteiger partial charge is 0.477 e. The zero-order valence-corrected chi connectivity index (χ0v) is 22.0. The number of β-lactam (4-membered cyclic amide) rings is 1. The van der Waals surface area contributed by atoms with Gasteiger partial charge in [0.25, 0.3) is 11.8 Å². The van der Waals surface area contributed by atoms with Crippen LogP contribution in [0, 0.1) is 12.3 Å². The molecular formula is C20H21N9O5S3. The summed E-state index contributed by atoms with van der Waals surface area (Å²) in [7, 11) is 0. The summed E-state index contributed by atoms with van der Waals surface area (Å²) in [5.74, 6) is 0.521. The van der Waals surface area contributed by atoms with Crippen molar-refractivity contribution in [2.45, 2.75) is 43.1 Å². The van der Waals surface area contributed by atoms with Crippen LogP contribution in [0.25, 0.3) is 0 Å². The van der Waals surface area contributed by atoms with Crippen molar-refractivity contribution < 1.29 is 24.3 Å². The molecule has 2 amide bonds. The lowest BCUT2D eigenvalue weighted by molar-refractivity contribution is -0.150. The normalized spacial score (nSPS) is 19.4. The number of thioether (sulfide) groups is 2. The highest BCUT2D eigenvalue weighted by atomic mass is 32.2. The number of carboxylic acid groups (broad SMARTS) is 1. The molecule has 0 aliphatic carbocycles. The summed E-state index contributed by atoms with van der Waals surface area (Å²) < 4.78 is 1.42. The summed E-state index contributed by atoms with van der Waals surface area (Å²) in [6.07, 6.45) is 5.01. The number of nitrogens with zero attached hydrogens (tertiary/aromatic N) is 7. The standard InChI is InChI=1S/C20H21N9O5S3/c1-4-5-28-20(24-26-27-28)37-7-10-6-35-17-13(16(31)29(17)14(10)18(32)33)23-15(30)12(25-34-9(2)3)11-8-36-19(21)22-11/h1,8-9,13,17H,5-7H2,2-3H3,(H2,21,22)(H,23,30)(H,32,33)/t13?,17-/m1/s1. The molecule has 1 fully saturated rings. The minimum atomic E-state index is -1.24. The lowest BCUT2D eigenvalue weighted by atomic mass is 10.0. The predicted molar refractivity (Wildman–Crippen MR) is 136 cm³/mol. The fourth-order valence-corrected chi connectivity index (χ4v) is 6.31. The van der Waals surface area contributed by atoms with E-state index in [0.29, 0.717) is 16.5 Å². The second kappa shape index (κ2) is 11.2. The smallest absolute Gasteiger partial charge is 0.352 e. The van der Waals surface area contributed by atoms with Crippen LogP contribution >= 0.6 is 34.9 Å². The number of anilines is 1. The highest BCUT2D eigenvalue weighted by Crippen LogP contribution is 2.41. The van der Waals surface area contributed by atoms with Gasteiger partial charge in [-0.3, -0.25) is 14.5 Å². The number of carbonyl (C=O) groups is 3. The fourth-order valence-electron chi connectivity index (χ4n) is 3.40. The van der Waals surface area contributed by atoms with E-state index >= 15 is 0 Å². The van der Waals surface area contributed by atoms with Crippen LogP contribution < -0.4 is 11.1 Å². The Hall–Kier alpha value is -3.62. The molecule has 194 valence electrons. The fraction of sp³-hybridized carbons (Fsp3) is 0.400. The lowest BCUT2D eigenvalue weighted by Gasteiger charge is -2.49. The topological polar surface area (TPSA) is 191 Å². The highest BCUT2D eigenvalue weighted by Gasteiger charge is 2.54. The van der Waals surface area contributed by atoms with Gasteiger partial charge >= 0.3 is 5.97 Å². The predicted octanol–water partition coefficient (Wildman–Crippen LogP) is 0.00500. The summed E-state index contributed by atoms with van der Waals surface area (Å²) in [6.45, 7) is 3.65. The maximum atomic E-state index is 13.0. The Labute approximate surface area is 223 Å². The van der Waals surface area contributed by atoms with Gasteiger partial charge in [-0.05, 0) is 29.8 Å². The summed E-state index contributed by atoms with van der Waals surface area (Å²) >= 11 is 3.68. The zero-order chi connectivity index (χ0) is 26.7. The van der Waals surface area contributed by atoms with Crippen molar-refractivity contribution in [2.24, 2.45) is 5.16 Å². The van der Waals surface area contributed by atoms with E-state index in [1.165, 1.54) is 33.1 Å². The van der Waals surface area contributed by atoms with Crippen molar-refractivity contribution >= 4 is 63.5 Å². The van der Waals surface area contributed by atoms with Crippen LogP contribution in [0.5, 0.6) is 0 Å². The first-order valence-electron chi connectivity index (χ1n) is 10.7. The molecule has 2 aromatic heterocycles. The average molecular weight is 564 g/mol. The van der Waals surface area contributed by atoms with Crippen LogP contribution in [-0.2, 0) is 25.8 Å². The van der Waals surface area contributed by atoms with Gasteiger partial charge in [0.1, 0.15) is 35.5 Å². The van der Waals surface area contributed by atoms with Gasteiger partial charge < -0.3 is 21.0 Å². The van der Waals surface area contributed by atoms with E-state index in [0.717, 1.165) is 11.3 Å². The van der Waals surface area contributed by atoms with Crippen LogP contribution in [0.4, 0.5) is 5.13 Å². The molecule has 17 heteroatoms. The Kier molecular flexibility index (Phi) is 8.00.